The maximum Gasteiger partial charge on any atom is 0.281 e. The third-order valence-electron chi connectivity index (χ3n) is 4.63. The van der Waals surface area contributed by atoms with Crippen molar-refractivity contribution >= 4 is 10.2 Å². The zero-order valence-electron chi connectivity index (χ0n) is 13.2. The molecule has 0 aliphatic carbocycles. The quantitative estimate of drug-likeness (QED) is 0.852. The molecule has 1 N–H and O–H groups in total. The van der Waals surface area contributed by atoms with Crippen molar-refractivity contribution in [3.8, 4) is 0 Å². The van der Waals surface area contributed by atoms with Gasteiger partial charge in [0.1, 0.15) is 5.82 Å². The number of aromatic amines is 1. The minimum absolute atomic E-state index is 0.0994. The lowest BCUT2D eigenvalue weighted by molar-refractivity contribution is 0.305. The zero-order valence-corrected chi connectivity index (χ0v) is 14.0. The molecule has 1 saturated heterocycles. The molecule has 0 spiro atoms. The Bertz CT molecular complexity index is 741. The Balaban J connectivity index is 2.06. The summed E-state index contributed by atoms with van der Waals surface area (Å²) >= 11 is 0. The summed E-state index contributed by atoms with van der Waals surface area (Å²) in [6.07, 6.45) is 3.26. The van der Waals surface area contributed by atoms with Crippen molar-refractivity contribution in [1.29, 1.82) is 0 Å². The Labute approximate surface area is 130 Å². The van der Waals surface area contributed by atoms with E-state index in [1.54, 1.807) is 18.4 Å². The highest BCUT2D eigenvalue weighted by molar-refractivity contribution is 7.86. The Hall–Kier alpha value is -1.25. The fourth-order valence-electron chi connectivity index (χ4n) is 3.49. The Morgan fingerprint density at radius 3 is 2.50 bits per heavy atom. The molecule has 3 heterocycles. The van der Waals surface area contributed by atoms with Gasteiger partial charge in [0, 0.05) is 44.6 Å². The van der Waals surface area contributed by atoms with Crippen molar-refractivity contribution in [2.24, 2.45) is 0 Å². The van der Waals surface area contributed by atoms with Crippen LogP contribution in [-0.4, -0.2) is 53.2 Å². The first kappa shape index (κ1) is 15.6. The summed E-state index contributed by atoms with van der Waals surface area (Å²) in [6, 6.07) is -0.244. The summed E-state index contributed by atoms with van der Waals surface area (Å²) < 4.78 is 28.1. The van der Waals surface area contributed by atoms with Crippen LogP contribution in [0, 0.1) is 0 Å². The van der Waals surface area contributed by atoms with Crippen LogP contribution < -0.4 is 5.56 Å². The van der Waals surface area contributed by atoms with E-state index < -0.39 is 10.2 Å². The first-order valence-electron chi connectivity index (χ1n) is 7.66. The maximum absolute atomic E-state index is 12.6. The van der Waals surface area contributed by atoms with Crippen molar-refractivity contribution in [3.05, 3.63) is 27.4 Å². The number of nitrogens with zero attached hydrogens (tertiary/aromatic N) is 3. The number of nitrogens with one attached hydrogen (secondary N) is 1. The minimum Gasteiger partial charge on any atom is -0.310 e. The van der Waals surface area contributed by atoms with Crippen molar-refractivity contribution in [2.45, 2.75) is 51.1 Å². The van der Waals surface area contributed by atoms with Gasteiger partial charge in [0.25, 0.3) is 15.8 Å². The third-order valence-corrected chi connectivity index (χ3v) is 6.69. The highest BCUT2D eigenvalue weighted by Crippen LogP contribution is 2.35. The van der Waals surface area contributed by atoms with Crippen LogP contribution in [0.5, 0.6) is 0 Å². The first-order valence-corrected chi connectivity index (χ1v) is 9.06. The monoisotopic (exact) mass is 326 g/mol. The Morgan fingerprint density at radius 1 is 1.27 bits per heavy atom. The highest BCUT2D eigenvalue weighted by atomic mass is 32.2. The number of rotatable bonds is 3. The molecule has 2 bridgehead atoms. The van der Waals surface area contributed by atoms with E-state index >= 15 is 0 Å². The molecule has 8 heteroatoms. The second-order valence-corrected chi connectivity index (χ2v) is 8.25. The fraction of sp³-hybridized carbons (Fsp3) is 0.714. The summed E-state index contributed by atoms with van der Waals surface area (Å²) in [4.78, 5) is 19.6. The van der Waals surface area contributed by atoms with Crippen LogP contribution in [0.2, 0.25) is 0 Å². The molecule has 0 radical (unpaired) electrons. The molecule has 0 amide bonds. The van der Waals surface area contributed by atoms with Crippen molar-refractivity contribution < 1.29 is 8.42 Å². The summed E-state index contributed by atoms with van der Waals surface area (Å²) in [5.74, 6) is 0.670. The second kappa shape index (κ2) is 5.43. The molecule has 22 heavy (non-hydrogen) atoms. The van der Waals surface area contributed by atoms with Gasteiger partial charge in [-0.1, -0.05) is 6.92 Å². The number of hydrogen-bond donors (Lipinski definition) is 1. The molecule has 2 aliphatic heterocycles. The predicted octanol–water partition coefficient (Wildman–Crippen LogP) is 0.0703. The molecular formula is C14H22N4O3S. The van der Waals surface area contributed by atoms with Gasteiger partial charge in [-0.25, -0.2) is 4.98 Å². The topological polar surface area (TPSA) is 86.4 Å². The van der Waals surface area contributed by atoms with E-state index in [2.05, 4.69) is 9.97 Å². The van der Waals surface area contributed by atoms with Crippen molar-refractivity contribution in [3.63, 3.8) is 0 Å². The summed E-state index contributed by atoms with van der Waals surface area (Å²) in [5, 5.41) is 0. The van der Waals surface area contributed by atoms with Gasteiger partial charge in [0.15, 0.2) is 0 Å². The van der Waals surface area contributed by atoms with Gasteiger partial charge in [-0.3, -0.25) is 4.79 Å². The first-order chi connectivity index (χ1) is 10.3. The molecule has 7 nitrogen and oxygen atoms in total. The molecule has 2 aliphatic rings. The van der Waals surface area contributed by atoms with Crippen molar-refractivity contribution in [1.82, 2.24) is 18.6 Å². The largest absolute Gasteiger partial charge is 0.310 e. The number of hydrogen-bond acceptors (Lipinski definition) is 4. The maximum atomic E-state index is 12.6. The molecular weight excluding hydrogens is 304 g/mol. The normalized spacial score (nSPS) is 25.3. The second-order valence-electron chi connectivity index (χ2n) is 6.20. The zero-order chi connectivity index (χ0) is 16.1. The van der Waals surface area contributed by atoms with Gasteiger partial charge in [0.2, 0.25) is 0 Å². The molecule has 2 atom stereocenters. The third kappa shape index (κ3) is 2.39. The SMILES string of the molecule is CCc1nc2c(c(=O)[nH]1)C[C@H]1CC[C@@H](C2)N1S(=O)(=O)N(C)C. The van der Waals surface area contributed by atoms with Crippen LogP contribution in [0.15, 0.2) is 4.79 Å². The Kier molecular flexibility index (Phi) is 3.86. The number of H-pyrrole nitrogens is 1. The highest BCUT2D eigenvalue weighted by Gasteiger charge is 2.45. The molecule has 1 aromatic rings. The van der Waals surface area contributed by atoms with Gasteiger partial charge < -0.3 is 4.98 Å². The van der Waals surface area contributed by atoms with E-state index in [0.29, 0.717) is 30.7 Å². The summed E-state index contributed by atoms with van der Waals surface area (Å²) in [6.45, 7) is 1.94. The summed E-state index contributed by atoms with van der Waals surface area (Å²) in [5.41, 5.74) is 1.31. The molecule has 0 aromatic carbocycles. The minimum atomic E-state index is -3.48. The van der Waals surface area contributed by atoms with Crippen LogP contribution >= 0.6 is 0 Å². The van der Waals surface area contributed by atoms with E-state index in [4.69, 9.17) is 0 Å². The molecule has 0 saturated carbocycles. The molecule has 0 unspecified atom stereocenters. The van der Waals surface area contributed by atoms with Gasteiger partial charge >= 0.3 is 0 Å². The van der Waals surface area contributed by atoms with Crippen LogP contribution in [0.4, 0.5) is 0 Å². The number of fused-ring (bicyclic) bond motifs is 3. The van der Waals surface area contributed by atoms with Crippen LogP contribution in [0.1, 0.15) is 36.8 Å². The predicted molar refractivity (Wildman–Crippen MR) is 82.9 cm³/mol. The molecule has 3 rings (SSSR count). The van der Waals surface area contributed by atoms with Crippen molar-refractivity contribution in [2.75, 3.05) is 14.1 Å². The van der Waals surface area contributed by atoms with Crippen LogP contribution in [-0.2, 0) is 29.5 Å². The number of aryl methyl sites for hydroxylation is 1. The fourth-order valence-corrected chi connectivity index (χ4v) is 4.98. The average molecular weight is 326 g/mol. The van der Waals surface area contributed by atoms with Gasteiger partial charge in [-0.2, -0.15) is 17.0 Å². The molecule has 122 valence electrons. The van der Waals surface area contributed by atoms with E-state index in [1.165, 1.54) is 4.31 Å². The van der Waals surface area contributed by atoms with E-state index in [0.717, 1.165) is 18.5 Å². The molecule has 1 aromatic heterocycles. The molecule has 1 fully saturated rings. The Morgan fingerprint density at radius 2 is 1.91 bits per heavy atom. The van der Waals surface area contributed by atoms with Gasteiger partial charge in [0.05, 0.1) is 5.69 Å². The van der Waals surface area contributed by atoms with E-state index in [1.807, 2.05) is 6.92 Å². The van der Waals surface area contributed by atoms with Crippen LogP contribution in [0.3, 0.4) is 0 Å². The smallest absolute Gasteiger partial charge is 0.281 e. The lowest BCUT2D eigenvalue weighted by Gasteiger charge is -2.29. The lowest BCUT2D eigenvalue weighted by Crippen LogP contribution is -2.47. The van der Waals surface area contributed by atoms with Crippen LogP contribution in [0.25, 0.3) is 0 Å². The lowest BCUT2D eigenvalue weighted by atomic mass is 9.98. The number of aromatic nitrogens is 2. The summed E-state index contributed by atoms with van der Waals surface area (Å²) in [7, 11) is -0.381. The average Bonchev–Trinajstić information content (AvgIpc) is 2.75. The van der Waals surface area contributed by atoms with E-state index in [-0.39, 0.29) is 17.6 Å². The standard InChI is InChI=1S/C14H22N4O3S/c1-4-13-15-12-8-10-6-5-9(7-11(12)14(19)16-13)18(10)22(20,21)17(2)3/h9-10H,4-8H2,1-3H3,(H,15,16,19)/t9-,10+/m1/s1. The van der Waals surface area contributed by atoms with Gasteiger partial charge in [-0.15, -0.1) is 0 Å². The van der Waals surface area contributed by atoms with Gasteiger partial charge in [-0.05, 0) is 19.3 Å². The van der Waals surface area contributed by atoms with E-state index in [9.17, 15) is 13.2 Å².